The van der Waals surface area contributed by atoms with E-state index in [-0.39, 0.29) is 18.5 Å². The smallest absolute Gasteiger partial charge is 0.123 e. The fourth-order valence-corrected chi connectivity index (χ4v) is 2.01. The Kier molecular flexibility index (Phi) is 3.74. The molecule has 1 unspecified atom stereocenters. The van der Waals surface area contributed by atoms with Crippen LogP contribution in [0.3, 0.4) is 0 Å². The molecule has 3 nitrogen and oxygen atoms in total. The van der Waals surface area contributed by atoms with Crippen molar-refractivity contribution in [3.8, 4) is 0 Å². The van der Waals surface area contributed by atoms with Gasteiger partial charge in [0.15, 0.2) is 0 Å². The molecule has 88 valence electrons. The third kappa shape index (κ3) is 2.71. The van der Waals surface area contributed by atoms with Crippen LogP contribution in [0.4, 0.5) is 10.1 Å². The average Bonchev–Trinajstić information content (AvgIpc) is 2.55. The summed E-state index contributed by atoms with van der Waals surface area (Å²) < 4.78 is 12.8. The van der Waals surface area contributed by atoms with Gasteiger partial charge in [0.05, 0.1) is 6.61 Å². The summed E-state index contributed by atoms with van der Waals surface area (Å²) in [5.74, 6) is -0.213. The van der Waals surface area contributed by atoms with Crippen LogP contribution in [0.5, 0.6) is 0 Å². The molecule has 2 N–H and O–H groups in total. The van der Waals surface area contributed by atoms with Gasteiger partial charge < -0.3 is 15.3 Å². The zero-order chi connectivity index (χ0) is 11.4. The first kappa shape index (κ1) is 11.4. The summed E-state index contributed by atoms with van der Waals surface area (Å²) in [6, 6.07) is 6.63. The molecule has 1 heterocycles. The standard InChI is InChI=1S/C12H17FN2O/c13-10-2-4-12(5-3-10)15-7-1-6-14-11(8-15)9-16/h2-5,11,14,16H,1,6-9H2. The highest BCUT2D eigenvalue weighted by molar-refractivity contribution is 5.46. The van der Waals surface area contributed by atoms with Gasteiger partial charge in [-0.2, -0.15) is 0 Å². The molecular formula is C12H17FN2O. The third-order valence-corrected chi connectivity index (χ3v) is 2.89. The van der Waals surface area contributed by atoms with Crippen molar-refractivity contribution >= 4 is 5.69 Å². The van der Waals surface area contributed by atoms with Gasteiger partial charge in [0.2, 0.25) is 0 Å². The van der Waals surface area contributed by atoms with Crippen LogP contribution in [0.25, 0.3) is 0 Å². The van der Waals surface area contributed by atoms with Crippen LogP contribution in [-0.4, -0.2) is 37.4 Å². The Morgan fingerprint density at radius 1 is 1.38 bits per heavy atom. The van der Waals surface area contributed by atoms with Crippen molar-refractivity contribution in [1.82, 2.24) is 5.32 Å². The minimum absolute atomic E-state index is 0.104. The fraction of sp³-hybridized carbons (Fsp3) is 0.500. The number of nitrogens with one attached hydrogen (secondary N) is 1. The SMILES string of the molecule is OCC1CN(c2ccc(F)cc2)CCCN1. The maximum Gasteiger partial charge on any atom is 0.123 e. The number of nitrogens with zero attached hydrogens (tertiary/aromatic N) is 1. The molecule has 0 bridgehead atoms. The minimum atomic E-state index is -0.213. The van der Waals surface area contributed by atoms with E-state index in [0.29, 0.717) is 0 Å². The number of anilines is 1. The molecule has 0 amide bonds. The largest absolute Gasteiger partial charge is 0.395 e. The van der Waals surface area contributed by atoms with Crippen LogP contribution in [0.15, 0.2) is 24.3 Å². The van der Waals surface area contributed by atoms with Crippen molar-refractivity contribution in [2.24, 2.45) is 0 Å². The Labute approximate surface area is 94.9 Å². The Bertz CT molecular complexity index is 328. The number of hydrogen-bond acceptors (Lipinski definition) is 3. The van der Waals surface area contributed by atoms with Crippen molar-refractivity contribution < 1.29 is 9.50 Å². The molecule has 1 aromatic rings. The van der Waals surface area contributed by atoms with E-state index in [4.69, 9.17) is 0 Å². The summed E-state index contributed by atoms with van der Waals surface area (Å²) in [4.78, 5) is 2.18. The van der Waals surface area contributed by atoms with E-state index in [1.807, 2.05) is 0 Å². The first-order chi connectivity index (χ1) is 7.79. The molecule has 1 aromatic carbocycles. The van der Waals surface area contributed by atoms with Gasteiger partial charge in [-0.25, -0.2) is 4.39 Å². The number of rotatable bonds is 2. The molecule has 0 spiro atoms. The maximum absolute atomic E-state index is 12.8. The first-order valence-corrected chi connectivity index (χ1v) is 5.64. The van der Waals surface area contributed by atoms with Gasteiger partial charge in [0, 0.05) is 24.8 Å². The second kappa shape index (κ2) is 5.27. The Balaban J connectivity index is 2.09. The summed E-state index contributed by atoms with van der Waals surface area (Å²) in [5, 5.41) is 12.5. The van der Waals surface area contributed by atoms with Gasteiger partial charge in [-0.1, -0.05) is 0 Å². The maximum atomic E-state index is 12.8. The number of benzene rings is 1. The molecule has 1 aliphatic heterocycles. The molecule has 2 rings (SSSR count). The second-order valence-corrected chi connectivity index (χ2v) is 4.11. The van der Waals surface area contributed by atoms with E-state index in [9.17, 15) is 9.50 Å². The molecule has 1 fully saturated rings. The number of aliphatic hydroxyl groups is 1. The normalized spacial score (nSPS) is 21.9. The monoisotopic (exact) mass is 224 g/mol. The van der Waals surface area contributed by atoms with Crippen molar-refractivity contribution in [1.29, 1.82) is 0 Å². The third-order valence-electron chi connectivity index (χ3n) is 2.89. The van der Waals surface area contributed by atoms with Crippen molar-refractivity contribution in [2.75, 3.05) is 31.1 Å². The van der Waals surface area contributed by atoms with Gasteiger partial charge in [-0.05, 0) is 37.2 Å². The van der Waals surface area contributed by atoms with E-state index in [2.05, 4.69) is 10.2 Å². The second-order valence-electron chi connectivity index (χ2n) is 4.11. The number of hydrogen-bond donors (Lipinski definition) is 2. The minimum Gasteiger partial charge on any atom is -0.395 e. The topological polar surface area (TPSA) is 35.5 Å². The molecule has 0 saturated carbocycles. The van der Waals surface area contributed by atoms with Gasteiger partial charge in [-0.15, -0.1) is 0 Å². The molecular weight excluding hydrogens is 207 g/mol. The highest BCUT2D eigenvalue weighted by atomic mass is 19.1. The van der Waals surface area contributed by atoms with Crippen molar-refractivity contribution in [3.05, 3.63) is 30.1 Å². The van der Waals surface area contributed by atoms with Crippen LogP contribution in [0, 0.1) is 5.82 Å². The molecule has 1 atom stereocenters. The summed E-state index contributed by atoms with van der Waals surface area (Å²) >= 11 is 0. The van der Waals surface area contributed by atoms with Gasteiger partial charge in [0.1, 0.15) is 5.82 Å². The predicted octanol–water partition coefficient (Wildman–Crippen LogP) is 0.986. The summed E-state index contributed by atoms with van der Waals surface area (Å²) in [6.45, 7) is 2.76. The van der Waals surface area contributed by atoms with E-state index in [1.54, 1.807) is 12.1 Å². The lowest BCUT2D eigenvalue weighted by atomic mass is 10.2. The Morgan fingerprint density at radius 2 is 2.12 bits per heavy atom. The summed E-state index contributed by atoms with van der Waals surface area (Å²) in [6.07, 6.45) is 1.04. The zero-order valence-corrected chi connectivity index (χ0v) is 9.19. The van der Waals surface area contributed by atoms with E-state index < -0.39 is 0 Å². The number of halogens is 1. The Hall–Kier alpha value is -1.13. The highest BCUT2D eigenvalue weighted by Gasteiger charge is 2.16. The lowest BCUT2D eigenvalue weighted by Gasteiger charge is -2.25. The van der Waals surface area contributed by atoms with Gasteiger partial charge in [0.25, 0.3) is 0 Å². The lowest BCUT2D eigenvalue weighted by molar-refractivity contribution is 0.248. The van der Waals surface area contributed by atoms with Crippen LogP contribution in [0.1, 0.15) is 6.42 Å². The molecule has 0 aromatic heterocycles. The molecule has 4 heteroatoms. The fourth-order valence-electron chi connectivity index (χ4n) is 2.01. The summed E-state index contributed by atoms with van der Waals surface area (Å²) in [7, 11) is 0. The number of aliphatic hydroxyl groups excluding tert-OH is 1. The predicted molar refractivity (Wildman–Crippen MR) is 62.1 cm³/mol. The van der Waals surface area contributed by atoms with E-state index >= 15 is 0 Å². The van der Waals surface area contributed by atoms with Gasteiger partial charge >= 0.3 is 0 Å². The summed E-state index contributed by atoms with van der Waals surface area (Å²) in [5.41, 5.74) is 1.02. The van der Waals surface area contributed by atoms with Crippen LogP contribution in [-0.2, 0) is 0 Å². The molecule has 16 heavy (non-hydrogen) atoms. The van der Waals surface area contributed by atoms with Crippen LogP contribution in [0.2, 0.25) is 0 Å². The molecule has 0 aliphatic carbocycles. The highest BCUT2D eigenvalue weighted by Crippen LogP contribution is 2.16. The van der Waals surface area contributed by atoms with Crippen molar-refractivity contribution in [3.63, 3.8) is 0 Å². The van der Waals surface area contributed by atoms with Crippen LogP contribution < -0.4 is 10.2 Å². The van der Waals surface area contributed by atoms with Crippen LogP contribution >= 0.6 is 0 Å². The van der Waals surface area contributed by atoms with Crippen molar-refractivity contribution in [2.45, 2.75) is 12.5 Å². The van der Waals surface area contributed by atoms with Gasteiger partial charge in [-0.3, -0.25) is 0 Å². The molecule has 1 saturated heterocycles. The lowest BCUT2D eigenvalue weighted by Crippen LogP contribution is -2.40. The average molecular weight is 224 g/mol. The zero-order valence-electron chi connectivity index (χ0n) is 9.19. The Morgan fingerprint density at radius 3 is 2.81 bits per heavy atom. The molecule has 0 radical (unpaired) electrons. The first-order valence-electron chi connectivity index (χ1n) is 5.64. The van der Waals surface area contributed by atoms with E-state index in [1.165, 1.54) is 12.1 Å². The quantitative estimate of drug-likeness (QED) is 0.786. The molecule has 1 aliphatic rings. The van der Waals surface area contributed by atoms with E-state index in [0.717, 1.165) is 31.7 Å².